The fourth-order valence-electron chi connectivity index (χ4n) is 2.60. The minimum absolute atomic E-state index is 0.254. The van der Waals surface area contributed by atoms with Gasteiger partial charge in [-0.25, -0.2) is 0 Å². The summed E-state index contributed by atoms with van der Waals surface area (Å²) in [5.41, 5.74) is 0. The highest BCUT2D eigenvalue weighted by atomic mass is 16.2. The fraction of sp³-hybridized carbons (Fsp3) is 0.909. The van der Waals surface area contributed by atoms with Crippen molar-refractivity contribution in [3.8, 4) is 0 Å². The van der Waals surface area contributed by atoms with Crippen molar-refractivity contribution in [2.75, 3.05) is 13.1 Å². The van der Waals surface area contributed by atoms with E-state index in [1.807, 2.05) is 4.90 Å². The Morgan fingerprint density at radius 3 is 2.71 bits per heavy atom. The summed E-state index contributed by atoms with van der Waals surface area (Å²) < 4.78 is 0. The molecular weight excluding hydrogens is 176 g/mol. The van der Waals surface area contributed by atoms with Gasteiger partial charge in [0.05, 0.1) is 12.7 Å². The Bertz CT molecular complexity index is 211. The second-order valence-electron chi connectivity index (χ2n) is 4.58. The van der Waals surface area contributed by atoms with Crippen LogP contribution in [-0.4, -0.2) is 30.1 Å². The summed E-state index contributed by atoms with van der Waals surface area (Å²) in [6.45, 7) is 3.56. The summed E-state index contributed by atoms with van der Waals surface area (Å²) in [5.74, 6) is 1.16. The quantitative estimate of drug-likeness (QED) is 0.739. The standard InChI is InChI=1S/C11H20N2O/c1-9-12-8-11(14)13(9)7-6-10-4-2-3-5-10/h9-10,12H,2-8H2,1H3. The Hall–Kier alpha value is -0.570. The zero-order valence-electron chi connectivity index (χ0n) is 8.96. The maximum Gasteiger partial charge on any atom is 0.237 e. The Kier molecular flexibility index (Phi) is 3.06. The van der Waals surface area contributed by atoms with Gasteiger partial charge in [-0.2, -0.15) is 0 Å². The molecule has 0 radical (unpaired) electrons. The highest BCUT2D eigenvalue weighted by molar-refractivity contribution is 5.80. The third-order valence-corrected chi connectivity index (χ3v) is 3.59. The van der Waals surface area contributed by atoms with E-state index in [1.54, 1.807) is 0 Å². The molecule has 0 spiro atoms. The van der Waals surface area contributed by atoms with Crippen molar-refractivity contribution in [2.45, 2.75) is 45.2 Å². The first-order valence-corrected chi connectivity index (χ1v) is 5.80. The summed E-state index contributed by atoms with van der Waals surface area (Å²) in [5, 5.41) is 3.17. The van der Waals surface area contributed by atoms with Crippen molar-refractivity contribution < 1.29 is 4.79 Å². The van der Waals surface area contributed by atoms with E-state index in [9.17, 15) is 4.79 Å². The summed E-state index contributed by atoms with van der Waals surface area (Å²) in [6.07, 6.45) is 7.01. The van der Waals surface area contributed by atoms with Gasteiger partial charge in [-0.1, -0.05) is 25.7 Å². The molecule has 0 aromatic rings. The molecular formula is C11H20N2O. The van der Waals surface area contributed by atoms with Gasteiger partial charge in [-0.15, -0.1) is 0 Å². The molecule has 3 nitrogen and oxygen atoms in total. The molecule has 1 atom stereocenters. The molecule has 1 N–H and O–H groups in total. The molecule has 0 bridgehead atoms. The first-order valence-electron chi connectivity index (χ1n) is 5.80. The monoisotopic (exact) mass is 196 g/mol. The van der Waals surface area contributed by atoms with E-state index >= 15 is 0 Å². The van der Waals surface area contributed by atoms with E-state index < -0.39 is 0 Å². The van der Waals surface area contributed by atoms with Gasteiger partial charge in [0.25, 0.3) is 0 Å². The van der Waals surface area contributed by atoms with Crippen LogP contribution in [0.5, 0.6) is 0 Å². The summed E-state index contributed by atoms with van der Waals surface area (Å²) in [4.78, 5) is 13.4. The molecule has 0 aromatic carbocycles. The van der Waals surface area contributed by atoms with Crippen molar-refractivity contribution in [1.82, 2.24) is 10.2 Å². The number of amides is 1. The van der Waals surface area contributed by atoms with Crippen molar-refractivity contribution in [3.63, 3.8) is 0 Å². The van der Waals surface area contributed by atoms with Crippen LogP contribution in [0, 0.1) is 5.92 Å². The van der Waals surface area contributed by atoms with E-state index in [-0.39, 0.29) is 12.1 Å². The molecule has 0 aromatic heterocycles. The van der Waals surface area contributed by atoms with Crippen molar-refractivity contribution in [1.29, 1.82) is 0 Å². The lowest BCUT2D eigenvalue weighted by atomic mass is 10.0. The van der Waals surface area contributed by atoms with E-state index in [1.165, 1.54) is 32.1 Å². The van der Waals surface area contributed by atoms with E-state index in [0.717, 1.165) is 12.5 Å². The van der Waals surface area contributed by atoms with Crippen LogP contribution in [0.3, 0.4) is 0 Å². The average Bonchev–Trinajstić information content (AvgIpc) is 2.76. The molecule has 1 aliphatic heterocycles. The van der Waals surface area contributed by atoms with E-state index in [4.69, 9.17) is 0 Å². The van der Waals surface area contributed by atoms with Gasteiger partial charge in [-0.05, 0) is 19.3 Å². The molecule has 1 heterocycles. The highest BCUT2D eigenvalue weighted by Gasteiger charge is 2.27. The van der Waals surface area contributed by atoms with Crippen LogP contribution in [-0.2, 0) is 4.79 Å². The van der Waals surface area contributed by atoms with Gasteiger partial charge in [-0.3, -0.25) is 10.1 Å². The van der Waals surface area contributed by atoms with Crippen molar-refractivity contribution >= 4 is 5.91 Å². The maximum absolute atomic E-state index is 11.5. The number of nitrogens with one attached hydrogen (secondary N) is 1. The van der Waals surface area contributed by atoms with Crippen LogP contribution in [0.15, 0.2) is 0 Å². The van der Waals surface area contributed by atoms with Gasteiger partial charge >= 0.3 is 0 Å². The average molecular weight is 196 g/mol. The second-order valence-corrected chi connectivity index (χ2v) is 4.58. The minimum atomic E-state index is 0.254. The van der Waals surface area contributed by atoms with Gasteiger partial charge in [0, 0.05) is 6.54 Å². The van der Waals surface area contributed by atoms with Gasteiger partial charge in [0.1, 0.15) is 0 Å². The first-order chi connectivity index (χ1) is 6.77. The molecule has 2 aliphatic rings. The Labute approximate surface area is 85.8 Å². The molecule has 1 unspecified atom stereocenters. The van der Waals surface area contributed by atoms with E-state index in [0.29, 0.717) is 6.54 Å². The molecule has 1 saturated heterocycles. The second kappa shape index (κ2) is 4.30. The largest absolute Gasteiger partial charge is 0.326 e. The number of nitrogens with zero attached hydrogens (tertiary/aromatic N) is 1. The number of carbonyl (C=O) groups excluding carboxylic acids is 1. The van der Waals surface area contributed by atoms with Crippen molar-refractivity contribution in [3.05, 3.63) is 0 Å². The van der Waals surface area contributed by atoms with Gasteiger partial charge in [0.15, 0.2) is 0 Å². The number of hydrogen-bond acceptors (Lipinski definition) is 2. The predicted octanol–water partition coefficient (Wildman–Crippen LogP) is 1.34. The molecule has 1 amide bonds. The minimum Gasteiger partial charge on any atom is -0.326 e. The lowest BCUT2D eigenvalue weighted by Crippen LogP contribution is -2.36. The normalized spacial score (nSPS) is 29.1. The third kappa shape index (κ3) is 2.08. The first kappa shape index (κ1) is 9.97. The Morgan fingerprint density at radius 2 is 2.14 bits per heavy atom. The van der Waals surface area contributed by atoms with E-state index in [2.05, 4.69) is 12.2 Å². The van der Waals surface area contributed by atoms with Gasteiger partial charge < -0.3 is 4.90 Å². The molecule has 2 rings (SSSR count). The molecule has 80 valence electrons. The molecule has 14 heavy (non-hydrogen) atoms. The lowest BCUT2D eigenvalue weighted by molar-refractivity contribution is -0.127. The fourth-order valence-corrected chi connectivity index (χ4v) is 2.60. The Balaban J connectivity index is 1.76. The van der Waals surface area contributed by atoms with Crippen LogP contribution in [0.4, 0.5) is 0 Å². The number of carbonyl (C=O) groups is 1. The predicted molar refractivity (Wildman–Crippen MR) is 55.8 cm³/mol. The Morgan fingerprint density at radius 1 is 1.43 bits per heavy atom. The SMILES string of the molecule is CC1NCC(=O)N1CCC1CCCC1. The number of hydrogen-bond donors (Lipinski definition) is 1. The van der Waals surface area contributed by atoms with Crippen LogP contribution in [0.25, 0.3) is 0 Å². The summed E-state index contributed by atoms with van der Waals surface area (Å²) >= 11 is 0. The van der Waals surface area contributed by atoms with Gasteiger partial charge in [0.2, 0.25) is 5.91 Å². The van der Waals surface area contributed by atoms with Crippen molar-refractivity contribution in [2.24, 2.45) is 5.92 Å². The molecule has 2 fully saturated rings. The smallest absolute Gasteiger partial charge is 0.237 e. The summed E-state index contributed by atoms with van der Waals surface area (Å²) in [6, 6.07) is 0. The lowest BCUT2D eigenvalue weighted by Gasteiger charge is -2.22. The third-order valence-electron chi connectivity index (χ3n) is 3.59. The summed E-state index contributed by atoms with van der Waals surface area (Å²) in [7, 11) is 0. The number of rotatable bonds is 3. The van der Waals surface area contributed by atoms with Crippen LogP contribution < -0.4 is 5.32 Å². The van der Waals surface area contributed by atoms with Crippen LogP contribution >= 0.6 is 0 Å². The highest BCUT2D eigenvalue weighted by Crippen LogP contribution is 2.27. The maximum atomic E-state index is 11.5. The zero-order valence-corrected chi connectivity index (χ0v) is 8.96. The van der Waals surface area contributed by atoms with Crippen LogP contribution in [0.2, 0.25) is 0 Å². The molecule has 1 saturated carbocycles. The van der Waals surface area contributed by atoms with Crippen LogP contribution in [0.1, 0.15) is 39.0 Å². The molecule has 3 heteroatoms. The topological polar surface area (TPSA) is 32.3 Å². The zero-order chi connectivity index (χ0) is 9.97. The molecule has 1 aliphatic carbocycles.